The molecule has 3 amide bonds. The molecule has 7 nitrogen and oxygen atoms in total. The van der Waals surface area contributed by atoms with E-state index in [1.165, 1.54) is 11.1 Å². The van der Waals surface area contributed by atoms with Crippen LogP contribution in [-0.4, -0.2) is 41.0 Å². The highest BCUT2D eigenvalue weighted by Gasteiger charge is 2.34. The molecule has 2 fully saturated rings. The monoisotopic (exact) mass is 707 g/mol. The number of Topliss-reactive ketones (excluding diaryl/α,β-unsaturated/α-hetero) is 1. The van der Waals surface area contributed by atoms with Gasteiger partial charge in [-0.3, -0.25) is 19.2 Å². The van der Waals surface area contributed by atoms with Crippen LogP contribution in [0.4, 0.5) is 11.4 Å². The molecule has 7 rings (SSSR count). The molecule has 3 aliphatic rings. The fourth-order valence-electron chi connectivity index (χ4n) is 8.38. The molecule has 0 bridgehead atoms. The number of nitrogens with one attached hydrogen (secondary N) is 2. The lowest BCUT2D eigenvalue weighted by atomic mass is 9.78. The lowest BCUT2D eigenvalue weighted by molar-refractivity contribution is -0.136. The highest BCUT2D eigenvalue weighted by atomic mass is 16.2. The highest BCUT2D eigenvalue weighted by molar-refractivity contribution is 5.98. The third-order valence-corrected chi connectivity index (χ3v) is 11.1. The first-order valence-electron chi connectivity index (χ1n) is 19.3. The smallest absolute Gasteiger partial charge is 0.247 e. The number of anilines is 2. The van der Waals surface area contributed by atoms with Crippen molar-refractivity contribution in [2.24, 2.45) is 11.8 Å². The fraction of sp³-hybridized carbons (Fsp3) is 0.348. The van der Waals surface area contributed by atoms with Crippen molar-refractivity contribution in [3.8, 4) is 0 Å². The lowest BCUT2D eigenvalue weighted by Gasteiger charge is -2.28. The van der Waals surface area contributed by atoms with Gasteiger partial charge in [0.25, 0.3) is 0 Å². The van der Waals surface area contributed by atoms with Crippen LogP contribution in [0.25, 0.3) is 11.6 Å². The van der Waals surface area contributed by atoms with E-state index < -0.39 is 6.04 Å². The predicted octanol–water partition coefficient (Wildman–Crippen LogP) is 8.68. The van der Waals surface area contributed by atoms with Crippen molar-refractivity contribution in [3.05, 3.63) is 131 Å². The van der Waals surface area contributed by atoms with Crippen LogP contribution in [0.3, 0.4) is 0 Å². The molecule has 3 atom stereocenters. The van der Waals surface area contributed by atoms with Gasteiger partial charge < -0.3 is 15.5 Å². The summed E-state index contributed by atoms with van der Waals surface area (Å²) in [6, 6.07) is 33.4. The largest absolute Gasteiger partial charge is 0.330 e. The molecule has 272 valence electrons. The van der Waals surface area contributed by atoms with E-state index in [0.29, 0.717) is 32.2 Å². The zero-order chi connectivity index (χ0) is 36.6. The van der Waals surface area contributed by atoms with Crippen LogP contribution in [0.1, 0.15) is 85.6 Å². The topological polar surface area (TPSA) is 95.6 Å². The standard InChI is InChI=1S/C46H49N3O4/c50-42(27-32-10-3-1-4-11-32)28-34-14-7-17-39(26-34)45(52)47-40-22-19-35(20-23-40)36-15-8-16-37-31-41(24-21-38(37)30-36)48-46(53)43-18-9-25-49(43)44(51)29-33-12-5-2-6-13-33/h1-6,10-13,19-24,30-31,34,39,43H,7-9,14-18,25-29H2,(H,47,52)(H,48,53)/t34?,39-,43+/m1/s1. The van der Waals surface area contributed by atoms with Crippen molar-refractivity contribution in [1.82, 2.24) is 4.90 Å². The maximum Gasteiger partial charge on any atom is 0.247 e. The number of rotatable bonds is 11. The van der Waals surface area contributed by atoms with Crippen LogP contribution in [0, 0.1) is 11.8 Å². The first-order chi connectivity index (χ1) is 25.9. The van der Waals surface area contributed by atoms with E-state index in [1.54, 1.807) is 4.90 Å². The minimum Gasteiger partial charge on any atom is -0.330 e. The molecule has 4 aromatic carbocycles. The molecular formula is C46H49N3O4. The number of benzene rings is 4. The van der Waals surface area contributed by atoms with Gasteiger partial charge in [0.1, 0.15) is 11.8 Å². The van der Waals surface area contributed by atoms with E-state index in [1.807, 2.05) is 78.9 Å². The molecule has 2 aliphatic carbocycles. The van der Waals surface area contributed by atoms with Crippen molar-refractivity contribution < 1.29 is 19.2 Å². The number of hydrogen-bond donors (Lipinski definition) is 2. The zero-order valence-electron chi connectivity index (χ0n) is 30.4. The fourth-order valence-corrected chi connectivity index (χ4v) is 8.38. The highest BCUT2D eigenvalue weighted by Crippen LogP contribution is 2.34. The van der Waals surface area contributed by atoms with Gasteiger partial charge in [-0.1, -0.05) is 91.4 Å². The SMILES string of the molecule is O=C(Cc1ccccc1)CC1CCC[C@@H](C(=O)Nc2ccc(C3=Cc4ccc(NC(=O)[C@@H]5CCCN5C(=O)Cc5ccccc5)cc4CCC3)cc2)C1. The number of likely N-dealkylation sites (tertiary alicyclic amines) is 1. The quantitative estimate of drug-likeness (QED) is 0.163. The molecule has 1 saturated carbocycles. The summed E-state index contributed by atoms with van der Waals surface area (Å²) in [5.74, 6) is 0.342. The summed E-state index contributed by atoms with van der Waals surface area (Å²) in [6.07, 6.45) is 11.4. The maximum absolute atomic E-state index is 13.4. The van der Waals surface area contributed by atoms with Crippen LogP contribution >= 0.6 is 0 Å². The first-order valence-corrected chi connectivity index (χ1v) is 19.3. The zero-order valence-corrected chi connectivity index (χ0v) is 30.4. The second-order valence-corrected chi connectivity index (χ2v) is 15.0. The van der Waals surface area contributed by atoms with Crippen LogP contribution in [-0.2, 0) is 38.4 Å². The molecule has 1 unspecified atom stereocenters. The first kappa shape index (κ1) is 36.1. The van der Waals surface area contributed by atoms with Gasteiger partial charge in [0, 0.05) is 36.7 Å². The predicted molar refractivity (Wildman–Crippen MR) is 211 cm³/mol. The molecule has 0 radical (unpaired) electrons. The molecule has 0 spiro atoms. The van der Waals surface area contributed by atoms with Gasteiger partial charge in [0.05, 0.1) is 6.42 Å². The van der Waals surface area contributed by atoms with Crippen molar-refractivity contribution in [2.75, 3.05) is 17.2 Å². The van der Waals surface area contributed by atoms with E-state index in [0.717, 1.165) is 85.0 Å². The molecule has 2 N–H and O–H groups in total. The van der Waals surface area contributed by atoms with Gasteiger partial charge in [-0.15, -0.1) is 0 Å². The maximum atomic E-state index is 13.4. The number of nitrogens with zero attached hydrogens (tertiary/aromatic N) is 1. The summed E-state index contributed by atoms with van der Waals surface area (Å²) in [5, 5.41) is 6.25. The summed E-state index contributed by atoms with van der Waals surface area (Å²) >= 11 is 0. The molecule has 0 aromatic heterocycles. The van der Waals surface area contributed by atoms with E-state index in [9.17, 15) is 19.2 Å². The number of hydrogen-bond acceptors (Lipinski definition) is 4. The van der Waals surface area contributed by atoms with Gasteiger partial charge in [-0.25, -0.2) is 0 Å². The Kier molecular flexibility index (Phi) is 11.6. The van der Waals surface area contributed by atoms with E-state index in [-0.39, 0.29) is 35.3 Å². The molecule has 4 aromatic rings. The van der Waals surface area contributed by atoms with Crippen LogP contribution < -0.4 is 10.6 Å². The Morgan fingerprint density at radius 1 is 0.660 bits per heavy atom. The number of ketones is 1. The summed E-state index contributed by atoms with van der Waals surface area (Å²) in [6.45, 7) is 0.606. The summed E-state index contributed by atoms with van der Waals surface area (Å²) in [5.41, 5.74) is 8.26. The number of allylic oxidation sites excluding steroid dienone is 1. The second-order valence-electron chi connectivity index (χ2n) is 15.0. The molecular weight excluding hydrogens is 659 g/mol. The van der Waals surface area contributed by atoms with Gasteiger partial charge >= 0.3 is 0 Å². The molecule has 7 heteroatoms. The molecule has 1 heterocycles. The molecule has 1 aliphatic heterocycles. The Bertz CT molecular complexity index is 1950. The van der Waals surface area contributed by atoms with Crippen LogP contribution in [0.2, 0.25) is 0 Å². The number of carbonyl (C=O) groups is 4. The normalized spacial score (nSPS) is 19.7. The van der Waals surface area contributed by atoms with Crippen molar-refractivity contribution in [3.63, 3.8) is 0 Å². The number of fused-ring (bicyclic) bond motifs is 1. The minimum atomic E-state index is -0.454. The third-order valence-electron chi connectivity index (χ3n) is 11.1. The average molecular weight is 708 g/mol. The number of amides is 3. The van der Waals surface area contributed by atoms with E-state index in [4.69, 9.17) is 0 Å². The van der Waals surface area contributed by atoms with Gasteiger partial charge in [0.2, 0.25) is 17.7 Å². The number of carbonyl (C=O) groups excluding carboxylic acids is 4. The van der Waals surface area contributed by atoms with Crippen LogP contribution in [0.15, 0.2) is 103 Å². The van der Waals surface area contributed by atoms with Crippen molar-refractivity contribution in [2.45, 2.75) is 83.1 Å². The average Bonchev–Trinajstić information content (AvgIpc) is 3.58. The Morgan fingerprint density at radius 3 is 2.11 bits per heavy atom. The van der Waals surface area contributed by atoms with Crippen molar-refractivity contribution >= 4 is 46.5 Å². The number of aryl methyl sites for hydroxylation is 1. The summed E-state index contributed by atoms with van der Waals surface area (Å²) in [7, 11) is 0. The molecule has 53 heavy (non-hydrogen) atoms. The third kappa shape index (κ3) is 9.39. The minimum absolute atomic E-state index is 0.00863. The Morgan fingerprint density at radius 2 is 1.36 bits per heavy atom. The second kappa shape index (κ2) is 17.0. The Balaban J connectivity index is 0.929. The summed E-state index contributed by atoms with van der Waals surface area (Å²) < 4.78 is 0. The van der Waals surface area contributed by atoms with Gasteiger partial charge in [-0.05, 0) is 115 Å². The van der Waals surface area contributed by atoms with E-state index >= 15 is 0 Å². The van der Waals surface area contributed by atoms with Crippen LogP contribution in [0.5, 0.6) is 0 Å². The van der Waals surface area contributed by atoms with E-state index in [2.05, 4.69) is 41.0 Å². The Labute approximate surface area is 312 Å². The Hall–Kier alpha value is -5.30. The lowest BCUT2D eigenvalue weighted by Crippen LogP contribution is -2.43. The molecule has 1 saturated heterocycles. The van der Waals surface area contributed by atoms with Gasteiger partial charge in [0.15, 0.2) is 0 Å². The van der Waals surface area contributed by atoms with Crippen molar-refractivity contribution in [1.29, 1.82) is 0 Å². The summed E-state index contributed by atoms with van der Waals surface area (Å²) in [4.78, 5) is 54.2. The van der Waals surface area contributed by atoms with Gasteiger partial charge in [-0.2, -0.15) is 0 Å².